The van der Waals surface area contributed by atoms with Crippen molar-refractivity contribution in [3.8, 4) is 0 Å². The summed E-state index contributed by atoms with van der Waals surface area (Å²) < 4.78 is 5.37. The largest absolute Gasteiger partial charge is 0.459 e. The van der Waals surface area contributed by atoms with Gasteiger partial charge in [-0.1, -0.05) is 19.8 Å². The molecule has 0 amide bonds. The van der Waals surface area contributed by atoms with Crippen LogP contribution in [0.1, 0.15) is 59.8 Å². The Morgan fingerprint density at radius 1 is 1.38 bits per heavy atom. The molecule has 16 heavy (non-hydrogen) atoms. The first-order valence-corrected chi connectivity index (χ1v) is 6.41. The number of ether oxygens (including phenoxy) is 1. The molecule has 0 saturated carbocycles. The van der Waals surface area contributed by atoms with Gasteiger partial charge in [-0.05, 0) is 40.0 Å². The van der Waals surface area contributed by atoms with Gasteiger partial charge < -0.3 is 10.1 Å². The summed E-state index contributed by atoms with van der Waals surface area (Å²) in [5.41, 5.74) is -0.375. The van der Waals surface area contributed by atoms with E-state index in [1.54, 1.807) is 0 Å². The Hall–Kier alpha value is -0.570. The molecule has 1 saturated heterocycles. The number of hydrogen-bond acceptors (Lipinski definition) is 3. The van der Waals surface area contributed by atoms with Crippen LogP contribution in [0.25, 0.3) is 0 Å². The second kappa shape index (κ2) is 5.67. The van der Waals surface area contributed by atoms with Gasteiger partial charge in [0.1, 0.15) is 11.6 Å². The fourth-order valence-electron chi connectivity index (χ4n) is 2.06. The molecule has 0 aliphatic carbocycles. The molecule has 1 aliphatic heterocycles. The van der Waals surface area contributed by atoms with E-state index in [9.17, 15) is 4.79 Å². The van der Waals surface area contributed by atoms with Crippen molar-refractivity contribution in [3.63, 3.8) is 0 Å². The maximum Gasteiger partial charge on any atom is 0.323 e. The van der Waals surface area contributed by atoms with Crippen LogP contribution in [0.2, 0.25) is 0 Å². The molecule has 3 nitrogen and oxygen atoms in total. The molecule has 2 atom stereocenters. The molecule has 1 aliphatic rings. The van der Waals surface area contributed by atoms with Crippen LogP contribution in [-0.4, -0.2) is 23.7 Å². The molecule has 2 unspecified atom stereocenters. The van der Waals surface area contributed by atoms with Gasteiger partial charge in [-0.25, -0.2) is 0 Å². The minimum Gasteiger partial charge on any atom is -0.459 e. The molecule has 0 spiro atoms. The molecule has 1 N–H and O–H groups in total. The maximum absolute atomic E-state index is 11.8. The van der Waals surface area contributed by atoms with Crippen molar-refractivity contribution in [2.24, 2.45) is 0 Å². The second-order valence-corrected chi connectivity index (χ2v) is 5.67. The van der Waals surface area contributed by atoms with Crippen molar-refractivity contribution in [1.82, 2.24) is 5.32 Å². The molecule has 0 bridgehead atoms. The predicted octanol–water partition coefficient (Wildman–Crippen LogP) is 2.64. The number of hydrogen-bond donors (Lipinski definition) is 1. The Morgan fingerprint density at radius 2 is 2.06 bits per heavy atom. The summed E-state index contributed by atoms with van der Waals surface area (Å²) in [5.74, 6) is -0.0912. The minimum absolute atomic E-state index is 0.0823. The average Bonchev–Trinajstić information content (AvgIpc) is 2.60. The van der Waals surface area contributed by atoms with E-state index in [0.29, 0.717) is 6.04 Å². The summed E-state index contributed by atoms with van der Waals surface area (Å²) in [4.78, 5) is 11.8. The lowest BCUT2D eigenvalue weighted by Crippen LogP contribution is -2.39. The van der Waals surface area contributed by atoms with Crippen LogP contribution < -0.4 is 5.32 Å². The monoisotopic (exact) mass is 227 g/mol. The van der Waals surface area contributed by atoms with Gasteiger partial charge in [0.05, 0.1) is 0 Å². The van der Waals surface area contributed by atoms with Crippen LogP contribution >= 0.6 is 0 Å². The van der Waals surface area contributed by atoms with Crippen LogP contribution in [0.4, 0.5) is 0 Å². The molecule has 0 aromatic heterocycles. The van der Waals surface area contributed by atoms with E-state index in [-0.39, 0.29) is 17.6 Å². The first-order valence-electron chi connectivity index (χ1n) is 6.41. The fourth-order valence-corrected chi connectivity index (χ4v) is 2.06. The highest BCUT2D eigenvalue weighted by molar-refractivity contribution is 5.76. The number of carbonyl (C=O) groups is 1. The standard InChI is InChI=1S/C13H25NO2/c1-5-6-7-10-8-9-11(14-10)12(15)16-13(2,3)4/h10-11,14H,5-9H2,1-4H3. The molecule has 0 radical (unpaired) electrons. The number of esters is 1. The lowest BCUT2D eigenvalue weighted by molar-refractivity contribution is -0.157. The highest BCUT2D eigenvalue weighted by Crippen LogP contribution is 2.19. The molecule has 1 heterocycles. The Balaban J connectivity index is 2.32. The van der Waals surface area contributed by atoms with E-state index < -0.39 is 0 Å². The molecular formula is C13H25NO2. The summed E-state index contributed by atoms with van der Waals surface area (Å²) in [7, 11) is 0. The van der Waals surface area contributed by atoms with Crippen molar-refractivity contribution < 1.29 is 9.53 Å². The third-order valence-electron chi connectivity index (χ3n) is 2.84. The van der Waals surface area contributed by atoms with Gasteiger partial charge >= 0.3 is 5.97 Å². The van der Waals surface area contributed by atoms with Crippen LogP contribution in [0, 0.1) is 0 Å². The smallest absolute Gasteiger partial charge is 0.323 e. The van der Waals surface area contributed by atoms with Crippen LogP contribution in [-0.2, 0) is 9.53 Å². The van der Waals surface area contributed by atoms with Crippen molar-refractivity contribution in [2.75, 3.05) is 0 Å². The average molecular weight is 227 g/mol. The molecular weight excluding hydrogens is 202 g/mol. The summed E-state index contributed by atoms with van der Waals surface area (Å²) >= 11 is 0. The van der Waals surface area contributed by atoms with Gasteiger partial charge in [-0.15, -0.1) is 0 Å². The van der Waals surface area contributed by atoms with E-state index in [0.717, 1.165) is 12.8 Å². The number of carbonyl (C=O) groups excluding carboxylic acids is 1. The van der Waals surface area contributed by atoms with Gasteiger partial charge in [-0.3, -0.25) is 4.79 Å². The highest BCUT2D eigenvalue weighted by atomic mass is 16.6. The quantitative estimate of drug-likeness (QED) is 0.750. The zero-order chi connectivity index (χ0) is 12.2. The lowest BCUT2D eigenvalue weighted by Gasteiger charge is -2.22. The van der Waals surface area contributed by atoms with Gasteiger partial charge in [-0.2, -0.15) is 0 Å². The van der Waals surface area contributed by atoms with Gasteiger partial charge in [0, 0.05) is 6.04 Å². The topological polar surface area (TPSA) is 38.3 Å². The van der Waals surface area contributed by atoms with E-state index in [2.05, 4.69) is 12.2 Å². The summed E-state index contributed by atoms with van der Waals surface area (Å²) in [6.45, 7) is 7.93. The molecule has 94 valence electrons. The van der Waals surface area contributed by atoms with E-state index in [1.165, 1.54) is 19.3 Å². The van der Waals surface area contributed by atoms with Crippen molar-refractivity contribution in [3.05, 3.63) is 0 Å². The van der Waals surface area contributed by atoms with Crippen molar-refractivity contribution in [1.29, 1.82) is 0 Å². The normalized spacial score (nSPS) is 25.8. The molecule has 0 aromatic rings. The lowest BCUT2D eigenvalue weighted by atomic mass is 10.1. The van der Waals surface area contributed by atoms with Crippen molar-refractivity contribution in [2.45, 2.75) is 77.5 Å². The third-order valence-corrected chi connectivity index (χ3v) is 2.84. The predicted molar refractivity (Wildman–Crippen MR) is 65.3 cm³/mol. The van der Waals surface area contributed by atoms with Gasteiger partial charge in [0.15, 0.2) is 0 Å². The van der Waals surface area contributed by atoms with E-state index in [1.807, 2.05) is 20.8 Å². The van der Waals surface area contributed by atoms with E-state index in [4.69, 9.17) is 4.74 Å². The first kappa shape index (κ1) is 13.5. The molecule has 3 heteroatoms. The molecule has 0 aromatic carbocycles. The second-order valence-electron chi connectivity index (χ2n) is 5.67. The number of nitrogens with one attached hydrogen (secondary N) is 1. The highest BCUT2D eigenvalue weighted by Gasteiger charge is 2.31. The SMILES string of the molecule is CCCCC1CCC(C(=O)OC(C)(C)C)N1. The zero-order valence-corrected chi connectivity index (χ0v) is 11.0. The van der Waals surface area contributed by atoms with Crippen LogP contribution in [0.3, 0.4) is 0 Å². The summed E-state index contributed by atoms with van der Waals surface area (Å²) in [6, 6.07) is 0.429. The van der Waals surface area contributed by atoms with Gasteiger partial charge in [0.25, 0.3) is 0 Å². The molecule has 1 fully saturated rings. The summed E-state index contributed by atoms with van der Waals surface area (Å²) in [5, 5.41) is 3.37. The first-order chi connectivity index (χ1) is 7.42. The van der Waals surface area contributed by atoms with Crippen LogP contribution in [0.5, 0.6) is 0 Å². The number of unbranched alkanes of at least 4 members (excludes halogenated alkanes) is 1. The maximum atomic E-state index is 11.8. The van der Waals surface area contributed by atoms with Crippen LogP contribution in [0.15, 0.2) is 0 Å². The zero-order valence-electron chi connectivity index (χ0n) is 11.0. The van der Waals surface area contributed by atoms with Crippen molar-refractivity contribution >= 4 is 5.97 Å². The molecule has 1 rings (SSSR count). The fraction of sp³-hybridized carbons (Fsp3) is 0.923. The van der Waals surface area contributed by atoms with Gasteiger partial charge in [0.2, 0.25) is 0 Å². The Morgan fingerprint density at radius 3 is 2.62 bits per heavy atom. The Bertz CT molecular complexity index is 233. The Labute approximate surface area is 98.9 Å². The van der Waals surface area contributed by atoms with E-state index >= 15 is 0 Å². The summed E-state index contributed by atoms with van der Waals surface area (Å²) in [6.07, 6.45) is 5.65. The number of rotatable bonds is 4. The minimum atomic E-state index is -0.375. The Kier molecular flexibility index (Phi) is 4.78. The third kappa shape index (κ3) is 4.52.